The van der Waals surface area contributed by atoms with Crippen molar-refractivity contribution in [3.63, 3.8) is 0 Å². The van der Waals surface area contributed by atoms with Crippen LogP contribution < -0.4 is 15.4 Å². The van der Waals surface area contributed by atoms with E-state index in [1.54, 1.807) is 31.4 Å². The summed E-state index contributed by atoms with van der Waals surface area (Å²) in [7, 11) is 6.70. The zero-order valence-corrected chi connectivity index (χ0v) is 17.7. The molecular formula is C20H28N2O8. The Morgan fingerprint density at radius 2 is 1.60 bits per heavy atom. The largest absolute Gasteiger partial charge is 0.497 e. The second-order valence-corrected chi connectivity index (χ2v) is 6.71. The topological polar surface area (TPSA) is 121 Å². The third-order valence-corrected chi connectivity index (χ3v) is 5.13. The van der Waals surface area contributed by atoms with Crippen molar-refractivity contribution >= 4 is 23.6 Å². The van der Waals surface area contributed by atoms with Gasteiger partial charge in [-0.05, 0) is 30.7 Å². The second kappa shape index (κ2) is 10.8. The third-order valence-electron chi connectivity index (χ3n) is 5.13. The Bertz CT molecular complexity index is 739. The van der Waals surface area contributed by atoms with Gasteiger partial charge in [-0.1, -0.05) is 0 Å². The lowest BCUT2D eigenvalue weighted by Crippen LogP contribution is -2.56. The van der Waals surface area contributed by atoms with E-state index in [-0.39, 0.29) is 6.42 Å². The van der Waals surface area contributed by atoms with Gasteiger partial charge in [-0.15, -0.1) is 0 Å². The molecule has 5 atom stereocenters. The Hall–Kier alpha value is -2.85. The predicted octanol–water partition coefficient (Wildman–Crippen LogP) is 0.356. The number of carbonyl (C=O) groups excluding carboxylic acids is 3. The highest BCUT2D eigenvalue weighted by atomic mass is 16.6. The Morgan fingerprint density at radius 1 is 0.967 bits per heavy atom. The molecule has 166 valence electrons. The summed E-state index contributed by atoms with van der Waals surface area (Å²) in [5.41, 5.74) is 0.652. The normalized spacial score (nSPS) is 22.5. The quantitative estimate of drug-likeness (QED) is 0.424. The van der Waals surface area contributed by atoms with E-state index in [0.717, 1.165) is 0 Å². The molecule has 0 bridgehead atoms. The van der Waals surface area contributed by atoms with Gasteiger partial charge in [0.15, 0.2) is 6.10 Å². The van der Waals surface area contributed by atoms with Gasteiger partial charge >= 0.3 is 17.9 Å². The number of nitrogens with one attached hydrogen (secondary N) is 2. The Morgan fingerprint density at radius 3 is 2.10 bits per heavy atom. The summed E-state index contributed by atoms with van der Waals surface area (Å²) in [4.78, 5) is 37.0. The van der Waals surface area contributed by atoms with Gasteiger partial charge in [0.1, 0.15) is 11.8 Å². The molecule has 30 heavy (non-hydrogen) atoms. The number of ether oxygens (including phenoxy) is 5. The fourth-order valence-corrected chi connectivity index (χ4v) is 3.61. The first-order valence-corrected chi connectivity index (χ1v) is 9.33. The van der Waals surface area contributed by atoms with Crippen LogP contribution in [0.4, 0.5) is 5.69 Å². The number of hydrogen-bond acceptors (Lipinski definition) is 10. The molecule has 0 spiro atoms. The first kappa shape index (κ1) is 23.4. The molecule has 0 unspecified atom stereocenters. The maximum absolute atomic E-state index is 12.5. The number of rotatable bonds is 9. The highest BCUT2D eigenvalue weighted by molar-refractivity contribution is 5.81. The minimum absolute atomic E-state index is 0.155. The highest BCUT2D eigenvalue weighted by Gasteiger charge is 2.49. The van der Waals surface area contributed by atoms with Crippen LogP contribution in [0.1, 0.15) is 6.42 Å². The van der Waals surface area contributed by atoms with Crippen LogP contribution in [0, 0.1) is 5.92 Å². The first-order chi connectivity index (χ1) is 14.4. The van der Waals surface area contributed by atoms with Gasteiger partial charge in [0.2, 0.25) is 0 Å². The summed E-state index contributed by atoms with van der Waals surface area (Å²) in [6.07, 6.45) is -0.916. The molecule has 0 amide bonds. The molecular weight excluding hydrogens is 396 g/mol. The molecule has 1 aliphatic heterocycles. The van der Waals surface area contributed by atoms with Crippen LogP contribution in [0.3, 0.4) is 0 Å². The monoisotopic (exact) mass is 424 g/mol. The summed E-state index contributed by atoms with van der Waals surface area (Å²) in [6, 6.07) is 4.82. The van der Waals surface area contributed by atoms with E-state index in [0.29, 0.717) is 11.4 Å². The molecule has 0 aliphatic carbocycles. The standard InChI is InChI=1S/C20H28N2O8/c1-26-12-8-6-11(7-9-12)21-16(17(27-2)20(25)30-5)15-13(18(23)28-3)10-14(22-15)19(24)29-4/h6-9,13-17,21-22H,10H2,1-5H3/t13-,14-,15+,16-,17+/m0/s1. The molecule has 10 heteroatoms. The van der Waals surface area contributed by atoms with Crippen LogP contribution in [0.25, 0.3) is 0 Å². The SMILES string of the molecule is COC(=O)[C@@H]1C[C@H](C(=O)OC)[C@H]([C@H](Nc2ccc(OC)cc2)[C@@H](OC)C(=O)OC)N1. The summed E-state index contributed by atoms with van der Waals surface area (Å²) < 4.78 is 25.2. The molecule has 1 saturated heterocycles. The number of esters is 3. The van der Waals surface area contributed by atoms with E-state index in [2.05, 4.69) is 10.6 Å². The van der Waals surface area contributed by atoms with Crippen molar-refractivity contribution < 1.29 is 38.1 Å². The fraction of sp³-hybridized carbons (Fsp3) is 0.550. The maximum Gasteiger partial charge on any atom is 0.337 e. The average Bonchev–Trinajstić information content (AvgIpc) is 3.23. The van der Waals surface area contributed by atoms with Crippen LogP contribution in [0.5, 0.6) is 5.75 Å². The van der Waals surface area contributed by atoms with Crippen molar-refractivity contribution in [3.05, 3.63) is 24.3 Å². The van der Waals surface area contributed by atoms with E-state index in [1.165, 1.54) is 28.4 Å². The molecule has 0 radical (unpaired) electrons. The van der Waals surface area contributed by atoms with Gasteiger partial charge in [-0.2, -0.15) is 0 Å². The first-order valence-electron chi connectivity index (χ1n) is 9.33. The molecule has 2 N–H and O–H groups in total. The molecule has 1 fully saturated rings. The van der Waals surface area contributed by atoms with Crippen LogP contribution in [0.2, 0.25) is 0 Å². The van der Waals surface area contributed by atoms with E-state index < -0.39 is 48.1 Å². The number of carbonyl (C=O) groups is 3. The molecule has 1 aromatic rings. The lowest BCUT2D eigenvalue weighted by atomic mass is 9.90. The minimum atomic E-state index is -1.07. The van der Waals surface area contributed by atoms with E-state index >= 15 is 0 Å². The summed E-state index contributed by atoms with van der Waals surface area (Å²) in [6.45, 7) is 0. The van der Waals surface area contributed by atoms with Gasteiger partial charge in [0.05, 0.1) is 40.4 Å². The Balaban J connectivity index is 2.41. The van der Waals surface area contributed by atoms with Gasteiger partial charge in [0.25, 0.3) is 0 Å². The van der Waals surface area contributed by atoms with E-state index in [4.69, 9.17) is 23.7 Å². The highest BCUT2D eigenvalue weighted by Crippen LogP contribution is 2.29. The molecule has 1 heterocycles. The Labute approximate surface area is 175 Å². The van der Waals surface area contributed by atoms with E-state index in [9.17, 15) is 14.4 Å². The zero-order valence-electron chi connectivity index (χ0n) is 17.7. The van der Waals surface area contributed by atoms with Crippen molar-refractivity contribution in [1.82, 2.24) is 5.32 Å². The van der Waals surface area contributed by atoms with Gasteiger partial charge in [-0.3, -0.25) is 14.9 Å². The average molecular weight is 424 g/mol. The number of hydrogen-bond donors (Lipinski definition) is 2. The number of anilines is 1. The molecule has 2 rings (SSSR count). The fourth-order valence-electron chi connectivity index (χ4n) is 3.61. The molecule has 1 aliphatic rings. The summed E-state index contributed by atoms with van der Waals surface area (Å²) >= 11 is 0. The second-order valence-electron chi connectivity index (χ2n) is 6.71. The molecule has 0 saturated carbocycles. The smallest absolute Gasteiger partial charge is 0.337 e. The number of benzene rings is 1. The third kappa shape index (κ3) is 5.19. The van der Waals surface area contributed by atoms with Crippen LogP contribution in [0.15, 0.2) is 24.3 Å². The van der Waals surface area contributed by atoms with Crippen molar-refractivity contribution in [2.24, 2.45) is 5.92 Å². The van der Waals surface area contributed by atoms with Crippen LogP contribution in [-0.2, 0) is 33.3 Å². The lowest BCUT2D eigenvalue weighted by Gasteiger charge is -2.33. The molecule has 1 aromatic carbocycles. The predicted molar refractivity (Wildman–Crippen MR) is 106 cm³/mol. The van der Waals surface area contributed by atoms with Gasteiger partial charge < -0.3 is 29.0 Å². The van der Waals surface area contributed by atoms with Crippen molar-refractivity contribution in [2.45, 2.75) is 30.7 Å². The van der Waals surface area contributed by atoms with Crippen molar-refractivity contribution in [2.75, 3.05) is 40.9 Å². The lowest BCUT2D eigenvalue weighted by molar-refractivity contribution is -0.155. The number of methoxy groups -OCH3 is 5. The summed E-state index contributed by atoms with van der Waals surface area (Å²) in [5.74, 6) is -1.72. The van der Waals surface area contributed by atoms with Gasteiger partial charge in [0, 0.05) is 18.8 Å². The Kier molecular flexibility index (Phi) is 8.43. The van der Waals surface area contributed by atoms with Gasteiger partial charge in [-0.25, -0.2) is 4.79 Å². The molecule has 10 nitrogen and oxygen atoms in total. The summed E-state index contributed by atoms with van der Waals surface area (Å²) in [5, 5.41) is 6.31. The van der Waals surface area contributed by atoms with Crippen LogP contribution in [-0.4, -0.2) is 77.7 Å². The van der Waals surface area contributed by atoms with Crippen LogP contribution >= 0.6 is 0 Å². The zero-order chi connectivity index (χ0) is 22.3. The minimum Gasteiger partial charge on any atom is -0.497 e. The maximum atomic E-state index is 12.5. The van der Waals surface area contributed by atoms with Crippen molar-refractivity contribution in [1.29, 1.82) is 0 Å². The van der Waals surface area contributed by atoms with Crippen molar-refractivity contribution in [3.8, 4) is 5.75 Å². The van der Waals surface area contributed by atoms with E-state index in [1.807, 2.05) is 0 Å². The molecule has 0 aromatic heterocycles.